The van der Waals surface area contributed by atoms with Crippen LogP contribution in [0.25, 0.3) is 22.2 Å². The van der Waals surface area contributed by atoms with Crippen LogP contribution in [0.15, 0.2) is 54.6 Å². The van der Waals surface area contributed by atoms with Gasteiger partial charge in [0.2, 0.25) is 0 Å². The van der Waals surface area contributed by atoms with E-state index in [0.717, 1.165) is 13.1 Å². The molecule has 20 heavy (non-hydrogen) atoms. The molecular formula is C17H17N3. The van der Waals surface area contributed by atoms with Gasteiger partial charge in [0, 0.05) is 18.5 Å². The van der Waals surface area contributed by atoms with Gasteiger partial charge in [0.1, 0.15) is 0 Å². The summed E-state index contributed by atoms with van der Waals surface area (Å²) in [6.07, 6.45) is -0.0358. The van der Waals surface area contributed by atoms with Gasteiger partial charge < -0.3 is 15.6 Å². The van der Waals surface area contributed by atoms with Gasteiger partial charge in [-0.1, -0.05) is 48.5 Å². The lowest BCUT2D eigenvalue weighted by atomic mass is 10.1. The minimum absolute atomic E-state index is 0.0358. The fourth-order valence-electron chi connectivity index (χ4n) is 3.12. The maximum absolute atomic E-state index is 6.39. The maximum atomic E-state index is 6.39. The molecule has 1 aromatic heterocycles. The van der Waals surface area contributed by atoms with Crippen LogP contribution in [-0.4, -0.2) is 11.1 Å². The van der Waals surface area contributed by atoms with E-state index in [0.29, 0.717) is 0 Å². The number of aromatic nitrogens is 1. The van der Waals surface area contributed by atoms with Crippen LogP contribution in [0.5, 0.6) is 0 Å². The van der Waals surface area contributed by atoms with Crippen LogP contribution < -0.4 is 11.1 Å². The van der Waals surface area contributed by atoms with Gasteiger partial charge in [0.25, 0.3) is 0 Å². The van der Waals surface area contributed by atoms with Crippen LogP contribution in [0, 0.1) is 0 Å². The van der Waals surface area contributed by atoms with Gasteiger partial charge in [-0.3, -0.25) is 0 Å². The highest BCUT2D eigenvalue weighted by Gasteiger charge is 2.20. The molecule has 100 valence electrons. The smallest absolute Gasteiger partial charge is 0.0947 e. The fourth-order valence-corrected chi connectivity index (χ4v) is 3.12. The van der Waals surface area contributed by atoms with E-state index in [2.05, 4.69) is 58.4 Å². The third kappa shape index (κ3) is 1.68. The second kappa shape index (κ2) is 4.47. The third-order valence-electron chi connectivity index (χ3n) is 4.01. The lowest BCUT2D eigenvalue weighted by molar-refractivity contribution is 0.503. The topological polar surface area (TPSA) is 43.0 Å². The van der Waals surface area contributed by atoms with Crippen molar-refractivity contribution in [2.75, 3.05) is 6.54 Å². The minimum atomic E-state index is -0.0358. The van der Waals surface area contributed by atoms with E-state index in [9.17, 15) is 0 Å². The molecule has 0 bridgehead atoms. The number of nitrogens with one attached hydrogen (secondary N) is 1. The maximum Gasteiger partial charge on any atom is 0.0947 e. The molecule has 1 aliphatic rings. The van der Waals surface area contributed by atoms with Crippen molar-refractivity contribution < 1.29 is 0 Å². The molecule has 0 spiro atoms. The van der Waals surface area contributed by atoms with Crippen molar-refractivity contribution in [3.8, 4) is 11.3 Å². The van der Waals surface area contributed by atoms with Crippen molar-refractivity contribution >= 4 is 10.9 Å². The zero-order chi connectivity index (χ0) is 13.5. The molecule has 1 atom stereocenters. The molecular weight excluding hydrogens is 246 g/mol. The Morgan fingerprint density at radius 3 is 2.75 bits per heavy atom. The molecule has 0 aliphatic carbocycles. The molecule has 0 saturated heterocycles. The fraction of sp³-hybridized carbons (Fsp3) is 0.176. The minimum Gasteiger partial charge on any atom is -0.323 e. The first-order valence-electron chi connectivity index (χ1n) is 6.99. The number of rotatable bonds is 1. The molecule has 3 heteroatoms. The van der Waals surface area contributed by atoms with Gasteiger partial charge in [0.15, 0.2) is 0 Å². The first-order chi connectivity index (χ1) is 9.84. The van der Waals surface area contributed by atoms with E-state index in [1.807, 2.05) is 6.07 Å². The number of nitrogens with zero attached hydrogens (tertiary/aromatic N) is 1. The van der Waals surface area contributed by atoms with E-state index < -0.39 is 0 Å². The summed E-state index contributed by atoms with van der Waals surface area (Å²) in [5.74, 6) is 0. The van der Waals surface area contributed by atoms with Crippen molar-refractivity contribution in [2.45, 2.75) is 12.7 Å². The largest absolute Gasteiger partial charge is 0.323 e. The zero-order valence-corrected chi connectivity index (χ0v) is 11.2. The SMILES string of the molecule is N[C@@H]1CNCc2cccc3cc(-c4ccccc4)n1c23. The Morgan fingerprint density at radius 1 is 1.05 bits per heavy atom. The molecule has 3 N–H and O–H groups in total. The number of benzene rings is 2. The molecule has 0 fully saturated rings. The van der Waals surface area contributed by atoms with Crippen LogP contribution in [-0.2, 0) is 6.54 Å². The lowest BCUT2D eigenvalue weighted by Gasteiger charge is -2.17. The standard InChI is InChI=1S/C17H17N3/c18-16-11-19-10-14-8-4-7-13-9-15(20(16)17(13)14)12-5-2-1-3-6-12/h1-9,16,19H,10-11,18H2/t16-/m0/s1. The molecule has 0 unspecified atom stereocenters. The Bertz CT molecular complexity index is 759. The summed E-state index contributed by atoms with van der Waals surface area (Å²) < 4.78 is 2.28. The predicted molar refractivity (Wildman–Crippen MR) is 82.3 cm³/mol. The summed E-state index contributed by atoms with van der Waals surface area (Å²) in [6, 6.07) is 19.2. The first-order valence-corrected chi connectivity index (χ1v) is 6.99. The molecule has 3 nitrogen and oxygen atoms in total. The average molecular weight is 263 g/mol. The van der Waals surface area contributed by atoms with Crippen molar-refractivity contribution in [2.24, 2.45) is 5.73 Å². The molecule has 0 radical (unpaired) electrons. The average Bonchev–Trinajstić information content (AvgIpc) is 2.79. The summed E-state index contributed by atoms with van der Waals surface area (Å²) in [4.78, 5) is 0. The highest BCUT2D eigenvalue weighted by Crippen LogP contribution is 2.33. The Morgan fingerprint density at radius 2 is 1.90 bits per heavy atom. The van der Waals surface area contributed by atoms with Crippen LogP contribution in [0.3, 0.4) is 0 Å². The number of nitrogens with two attached hydrogens (primary N) is 1. The molecule has 4 rings (SSSR count). The zero-order valence-electron chi connectivity index (χ0n) is 11.2. The van der Waals surface area contributed by atoms with E-state index in [4.69, 9.17) is 5.73 Å². The van der Waals surface area contributed by atoms with Crippen molar-refractivity contribution in [3.05, 3.63) is 60.2 Å². The molecule has 0 amide bonds. The van der Waals surface area contributed by atoms with Crippen LogP contribution in [0.4, 0.5) is 0 Å². The highest BCUT2D eigenvalue weighted by atomic mass is 15.2. The van der Waals surface area contributed by atoms with Gasteiger partial charge in [-0.05, 0) is 17.2 Å². The second-order valence-corrected chi connectivity index (χ2v) is 5.32. The number of hydrogen-bond acceptors (Lipinski definition) is 2. The van der Waals surface area contributed by atoms with E-state index in [1.54, 1.807) is 0 Å². The summed E-state index contributed by atoms with van der Waals surface area (Å²) >= 11 is 0. The number of para-hydroxylation sites is 1. The van der Waals surface area contributed by atoms with Crippen molar-refractivity contribution in [1.29, 1.82) is 0 Å². The van der Waals surface area contributed by atoms with Gasteiger partial charge >= 0.3 is 0 Å². The Labute approximate surface area is 118 Å². The third-order valence-corrected chi connectivity index (χ3v) is 4.01. The number of hydrogen-bond donors (Lipinski definition) is 2. The predicted octanol–water partition coefficient (Wildman–Crippen LogP) is 2.87. The molecule has 2 aromatic carbocycles. The second-order valence-electron chi connectivity index (χ2n) is 5.32. The summed E-state index contributed by atoms with van der Waals surface area (Å²) in [5, 5.41) is 4.69. The van der Waals surface area contributed by atoms with Gasteiger partial charge in [-0.25, -0.2) is 0 Å². The highest BCUT2D eigenvalue weighted by molar-refractivity contribution is 5.89. The summed E-state index contributed by atoms with van der Waals surface area (Å²) in [7, 11) is 0. The Hall–Kier alpha value is -2.10. The monoisotopic (exact) mass is 263 g/mol. The molecule has 1 aliphatic heterocycles. The van der Waals surface area contributed by atoms with Crippen molar-refractivity contribution in [3.63, 3.8) is 0 Å². The summed E-state index contributed by atoms with van der Waals surface area (Å²) in [6.45, 7) is 1.67. The summed E-state index contributed by atoms with van der Waals surface area (Å²) in [5.41, 5.74) is 11.4. The Kier molecular flexibility index (Phi) is 2.62. The first kappa shape index (κ1) is 11.7. The normalized spacial score (nSPS) is 18.1. The van der Waals surface area contributed by atoms with Gasteiger partial charge in [-0.2, -0.15) is 0 Å². The molecule has 3 aromatic rings. The quantitative estimate of drug-likeness (QED) is 0.709. The van der Waals surface area contributed by atoms with E-state index in [-0.39, 0.29) is 6.17 Å². The van der Waals surface area contributed by atoms with E-state index >= 15 is 0 Å². The lowest BCUT2D eigenvalue weighted by Crippen LogP contribution is -2.28. The van der Waals surface area contributed by atoms with Gasteiger partial charge in [0.05, 0.1) is 17.4 Å². The van der Waals surface area contributed by atoms with Gasteiger partial charge in [-0.15, -0.1) is 0 Å². The van der Waals surface area contributed by atoms with Crippen LogP contribution in [0.1, 0.15) is 11.7 Å². The van der Waals surface area contributed by atoms with E-state index in [1.165, 1.54) is 27.7 Å². The van der Waals surface area contributed by atoms with Crippen molar-refractivity contribution in [1.82, 2.24) is 9.88 Å². The van der Waals surface area contributed by atoms with Crippen LogP contribution >= 0.6 is 0 Å². The Balaban J connectivity index is 2.07. The van der Waals surface area contributed by atoms with Crippen LogP contribution in [0.2, 0.25) is 0 Å². The molecule has 2 heterocycles. The molecule has 0 saturated carbocycles.